The van der Waals surface area contributed by atoms with Crippen LogP contribution in [0.1, 0.15) is 16.6 Å². The first kappa shape index (κ1) is 12.2. The molecule has 1 unspecified atom stereocenters. The Morgan fingerprint density at radius 1 is 1.59 bits per heavy atom. The molecular formula is C11H15N3O2S. The lowest BCUT2D eigenvalue weighted by atomic mass is 10.2. The van der Waals surface area contributed by atoms with Gasteiger partial charge >= 0.3 is 0 Å². The molecule has 2 aromatic heterocycles. The summed E-state index contributed by atoms with van der Waals surface area (Å²) < 4.78 is 10.1. The van der Waals surface area contributed by atoms with Crippen molar-refractivity contribution in [2.75, 3.05) is 13.7 Å². The smallest absolute Gasteiger partial charge is 0.228 e. The van der Waals surface area contributed by atoms with E-state index in [9.17, 15) is 0 Å². The van der Waals surface area contributed by atoms with Crippen LogP contribution in [0.4, 0.5) is 0 Å². The fourth-order valence-corrected chi connectivity index (χ4v) is 2.21. The van der Waals surface area contributed by atoms with Gasteiger partial charge in [-0.05, 0) is 11.4 Å². The number of rotatable bonds is 6. The van der Waals surface area contributed by atoms with Gasteiger partial charge < -0.3 is 15.0 Å². The lowest BCUT2D eigenvalue weighted by Crippen LogP contribution is -2.28. The molecule has 2 rings (SSSR count). The van der Waals surface area contributed by atoms with Crippen molar-refractivity contribution in [2.45, 2.75) is 18.9 Å². The highest BCUT2D eigenvalue weighted by atomic mass is 32.1. The molecule has 2 N–H and O–H groups in total. The third-order valence-corrected chi connectivity index (χ3v) is 3.12. The van der Waals surface area contributed by atoms with Crippen LogP contribution in [0.5, 0.6) is 0 Å². The van der Waals surface area contributed by atoms with Gasteiger partial charge in [-0.15, -0.1) is 11.3 Å². The fourth-order valence-electron chi connectivity index (χ4n) is 1.51. The Morgan fingerprint density at radius 2 is 2.47 bits per heavy atom. The van der Waals surface area contributed by atoms with E-state index < -0.39 is 0 Å². The lowest BCUT2D eigenvalue weighted by molar-refractivity contribution is 0.176. The number of hydrogen-bond acceptors (Lipinski definition) is 6. The number of methoxy groups -OCH3 is 1. The zero-order valence-electron chi connectivity index (χ0n) is 9.63. The first-order valence-electron chi connectivity index (χ1n) is 5.36. The van der Waals surface area contributed by atoms with E-state index in [0.717, 1.165) is 0 Å². The van der Waals surface area contributed by atoms with E-state index in [0.29, 0.717) is 31.2 Å². The van der Waals surface area contributed by atoms with Crippen LogP contribution in [0.25, 0.3) is 0 Å². The Kier molecular flexibility index (Phi) is 4.24. The van der Waals surface area contributed by atoms with Crippen LogP contribution in [0, 0.1) is 0 Å². The lowest BCUT2D eigenvalue weighted by Gasteiger charge is -2.05. The van der Waals surface area contributed by atoms with Crippen molar-refractivity contribution in [3.63, 3.8) is 0 Å². The van der Waals surface area contributed by atoms with Gasteiger partial charge in [0.25, 0.3) is 0 Å². The van der Waals surface area contributed by atoms with Crippen molar-refractivity contribution >= 4 is 11.3 Å². The Morgan fingerprint density at radius 3 is 3.18 bits per heavy atom. The van der Waals surface area contributed by atoms with Crippen LogP contribution in [-0.2, 0) is 17.6 Å². The van der Waals surface area contributed by atoms with Crippen LogP contribution in [-0.4, -0.2) is 29.9 Å². The standard InChI is InChI=1S/C11H15N3O2S/c1-15-7-8(12)5-11-13-10(14-16-11)6-9-3-2-4-17-9/h2-4,8H,5-7,12H2,1H3. The van der Waals surface area contributed by atoms with Gasteiger partial charge in [-0.25, -0.2) is 0 Å². The Labute approximate surface area is 104 Å². The molecule has 0 fully saturated rings. The second kappa shape index (κ2) is 5.90. The average Bonchev–Trinajstić information content (AvgIpc) is 2.91. The minimum absolute atomic E-state index is 0.102. The molecule has 0 saturated carbocycles. The molecule has 6 heteroatoms. The van der Waals surface area contributed by atoms with Crippen molar-refractivity contribution in [1.29, 1.82) is 0 Å². The van der Waals surface area contributed by atoms with Crippen molar-refractivity contribution in [3.05, 3.63) is 34.1 Å². The maximum absolute atomic E-state index is 5.81. The topological polar surface area (TPSA) is 74.2 Å². The quantitative estimate of drug-likeness (QED) is 0.838. The largest absolute Gasteiger partial charge is 0.383 e. The first-order valence-corrected chi connectivity index (χ1v) is 6.24. The summed E-state index contributed by atoms with van der Waals surface area (Å²) in [6.07, 6.45) is 1.26. The molecule has 0 aliphatic heterocycles. The average molecular weight is 253 g/mol. The first-order chi connectivity index (χ1) is 8.28. The molecule has 17 heavy (non-hydrogen) atoms. The Hall–Kier alpha value is -1.24. The van der Waals surface area contributed by atoms with E-state index in [1.807, 2.05) is 11.4 Å². The summed E-state index contributed by atoms with van der Waals surface area (Å²) in [5, 5.41) is 5.96. The van der Waals surface area contributed by atoms with Crippen LogP contribution in [0.3, 0.4) is 0 Å². The van der Waals surface area contributed by atoms with Gasteiger partial charge in [0, 0.05) is 30.9 Å². The number of thiophene rings is 1. The molecule has 92 valence electrons. The van der Waals surface area contributed by atoms with E-state index in [2.05, 4.69) is 16.2 Å². The molecule has 0 aromatic carbocycles. The highest BCUT2D eigenvalue weighted by molar-refractivity contribution is 7.09. The maximum Gasteiger partial charge on any atom is 0.228 e. The minimum atomic E-state index is -0.102. The molecular weight excluding hydrogens is 238 g/mol. The number of ether oxygens (including phenoxy) is 1. The molecule has 0 aliphatic carbocycles. The van der Waals surface area contributed by atoms with Gasteiger partial charge in [0.2, 0.25) is 5.89 Å². The zero-order valence-corrected chi connectivity index (χ0v) is 10.4. The number of aromatic nitrogens is 2. The number of nitrogens with zero attached hydrogens (tertiary/aromatic N) is 2. The highest BCUT2D eigenvalue weighted by Gasteiger charge is 2.11. The molecule has 0 saturated heterocycles. The van der Waals surface area contributed by atoms with Crippen LogP contribution in [0.2, 0.25) is 0 Å². The SMILES string of the molecule is COCC(N)Cc1nc(Cc2cccs2)no1. The van der Waals surface area contributed by atoms with Crippen LogP contribution >= 0.6 is 11.3 Å². The molecule has 0 amide bonds. The van der Waals surface area contributed by atoms with E-state index in [1.54, 1.807) is 18.4 Å². The van der Waals surface area contributed by atoms with Crippen molar-refractivity contribution in [2.24, 2.45) is 5.73 Å². The Bertz CT molecular complexity index is 441. The van der Waals surface area contributed by atoms with Crippen molar-refractivity contribution in [1.82, 2.24) is 10.1 Å². The molecule has 0 spiro atoms. The summed E-state index contributed by atoms with van der Waals surface area (Å²) in [4.78, 5) is 5.52. The molecule has 0 radical (unpaired) electrons. The summed E-state index contributed by atoms with van der Waals surface area (Å²) >= 11 is 1.68. The maximum atomic E-state index is 5.81. The number of nitrogens with two attached hydrogens (primary N) is 1. The highest BCUT2D eigenvalue weighted by Crippen LogP contribution is 2.13. The van der Waals surface area contributed by atoms with Crippen LogP contribution < -0.4 is 5.73 Å². The normalized spacial score (nSPS) is 12.8. The van der Waals surface area contributed by atoms with Gasteiger partial charge in [-0.1, -0.05) is 11.2 Å². The monoisotopic (exact) mass is 253 g/mol. The summed E-state index contributed by atoms with van der Waals surface area (Å²) in [5.41, 5.74) is 5.81. The number of hydrogen-bond donors (Lipinski definition) is 1. The molecule has 2 aromatic rings. The van der Waals surface area contributed by atoms with Gasteiger partial charge in [-0.2, -0.15) is 4.98 Å². The molecule has 1 atom stereocenters. The van der Waals surface area contributed by atoms with Gasteiger partial charge in [0.05, 0.1) is 6.61 Å². The van der Waals surface area contributed by atoms with E-state index in [1.165, 1.54) is 4.88 Å². The van der Waals surface area contributed by atoms with E-state index in [-0.39, 0.29) is 6.04 Å². The summed E-state index contributed by atoms with van der Waals surface area (Å²) in [5.74, 6) is 1.27. The molecule has 5 nitrogen and oxygen atoms in total. The van der Waals surface area contributed by atoms with Gasteiger partial charge in [0.15, 0.2) is 5.82 Å². The summed E-state index contributed by atoms with van der Waals surface area (Å²) in [7, 11) is 1.62. The summed E-state index contributed by atoms with van der Waals surface area (Å²) in [6.45, 7) is 0.489. The van der Waals surface area contributed by atoms with Gasteiger partial charge in [0.1, 0.15) is 0 Å². The Balaban J connectivity index is 1.91. The zero-order chi connectivity index (χ0) is 12.1. The third kappa shape index (κ3) is 3.62. The second-order valence-corrected chi connectivity index (χ2v) is 4.81. The second-order valence-electron chi connectivity index (χ2n) is 3.78. The third-order valence-electron chi connectivity index (χ3n) is 2.24. The molecule has 2 heterocycles. The molecule has 0 aliphatic rings. The van der Waals surface area contributed by atoms with Gasteiger partial charge in [-0.3, -0.25) is 0 Å². The minimum Gasteiger partial charge on any atom is -0.383 e. The van der Waals surface area contributed by atoms with E-state index in [4.69, 9.17) is 15.0 Å². The summed E-state index contributed by atoms with van der Waals surface area (Å²) in [6, 6.07) is 3.96. The van der Waals surface area contributed by atoms with Crippen LogP contribution in [0.15, 0.2) is 22.0 Å². The predicted molar refractivity (Wildman–Crippen MR) is 65.0 cm³/mol. The molecule has 0 bridgehead atoms. The van der Waals surface area contributed by atoms with E-state index >= 15 is 0 Å². The predicted octanol–water partition coefficient (Wildman–Crippen LogP) is 1.24. The van der Waals surface area contributed by atoms with Crippen molar-refractivity contribution < 1.29 is 9.26 Å². The fraction of sp³-hybridized carbons (Fsp3) is 0.455. The van der Waals surface area contributed by atoms with Crippen molar-refractivity contribution in [3.8, 4) is 0 Å².